The van der Waals surface area contributed by atoms with Crippen molar-refractivity contribution in [3.8, 4) is 0 Å². The number of halogens is 4. The first-order valence-electron chi connectivity index (χ1n) is 6.67. The van der Waals surface area contributed by atoms with Gasteiger partial charge in [-0.25, -0.2) is 4.39 Å². The molecule has 0 spiro atoms. The van der Waals surface area contributed by atoms with Crippen LogP contribution in [0.2, 0.25) is 0 Å². The average molecular weight is 457 g/mol. The molecule has 0 aliphatic heterocycles. The zero-order valence-corrected chi connectivity index (χ0v) is 15.5. The summed E-state index contributed by atoms with van der Waals surface area (Å²) in [5, 5.41) is 1.84. The van der Waals surface area contributed by atoms with Gasteiger partial charge >= 0.3 is 0 Å². The van der Waals surface area contributed by atoms with Gasteiger partial charge in [-0.1, -0.05) is 66.7 Å². The lowest BCUT2D eigenvalue weighted by molar-refractivity contribution is 0.230. The molecule has 0 bridgehead atoms. The lowest BCUT2D eigenvalue weighted by Gasteiger charge is -2.36. The molecule has 0 aromatic heterocycles. The molecule has 4 heteroatoms. The Balaban J connectivity index is 2.24. The van der Waals surface area contributed by atoms with E-state index in [0.717, 1.165) is 27.1 Å². The van der Waals surface area contributed by atoms with Gasteiger partial charge in [0.2, 0.25) is 0 Å². The largest absolute Gasteiger partial charge is 0.207 e. The fraction of sp³-hybridized carbons (Fsp3) is 0.600. The third kappa shape index (κ3) is 3.62. The van der Waals surface area contributed by atoms with Crippen LogP contribution in [0.3, 0.4) is 0 Å². The zero-order chi connectivity index (χ0) is 13.9. The minimum Gasteiger partial charge on any atom is -0.207 e. The van der Waals surface area contributed by atoms with E-state index < -0.39 is 0 Å². The van der Waals surface area contributed by atoms with Crippen LogP contribution in [-0.2, 0) is 6.42 Å². The topological polar surface area (TPSA) is 0 Å². The van der Waals surface area contributed by atoms with Crippen molar-refractivity contribution in [2.24, 2.45) is 11.3 Å². The van der Waals surface area contributed by atoms with Gasteiger partial charge in [0.25, 0.3) is 0 Å². The summed E-state index contributed by atoms with van der Waals surface area (Å²) in [4.78, 5) is 0. The van der Waals surface area contributed by atoms with Crippen molar-refractivity contribution in [3.05, 3.63) is 34.1 Å². The highest BCUT2D eigenvalue weighted by atomic mass is 79.9. The van der Waals surface area contributed by atoms with E-state index in [9.17, 15) is 4.39 Å². The molecule has 19 heavy (non-hydrogen) atoms. The summed E-state index contributed by atoms with van der Waals surface area (Å²) in [5.74, 6) is 0.591. The Morgan fingerprint density at radius 1 is 1.16 bits per heavy atom. The maximum atomic E-state index is 14.1. The van der Waals surface area contributed by atoms with Gasteiger partial charge in [0.05, 0.1) is 0 Å². The Kier molecular flexibility index (Phi) is 5.91. The fourth-order valence-electron chi connectivity index (χ4n) is 3.08. The van der Waals surface area contributed by atoms with E-state index in [4.69, 9.17) is 0 Å². The molecule has 0 N–H and O–H groups in total. The monoisotopic (exact) mass is 454 g/mol. The predicted octanol–water partition coefficient (Wildman–Crippen LogP) is 6.10. The predicted molar refractivity (Wildman–Crippen MR) is 89.8 cm³/mol. The third-order valence-electron chi connectivity index (χ3n) is 4.31. The summed E-state index contributed by atoms with van der Waals surface area (Å²) < 4.78 is 14.9. The number of benzene rings is 1. The van der Waals surface area contributed by atoms with Gasteiger partial charge in [0.15, 0.2) is 0 Å². The van der Waals surface area contributed by atoms with Crippen LogP contribution in [-0.4, -0.2) is 10.7 Å². The molecule has 106 valence electrons. The Bertz CT molecular complexity index is 423. The van der Waals surface area contributed by atoms with Gasteiger partial charge in [-0.3, -0.25) is 0 Å². The maximum absolute atomic E-state index is 14.1. The van der Waals surface area contributed by atoms with E-state index in [2.05, 4.69) is 47.8 Å². The summed E-state index contributed by atoms with van der Waals surface area (Å²) in [5.41, 5.74) is 0.958. The molecule has 1 aliphatic rings. The van der Waals surface area contributed by atoms with Crippen LogP contribution in [0.4, 0.5) is 4.39 Å². The van der Waals surface area contributed by atoms with Crippen LogP contribution in [0.15, 0.2) is 22.7 Å². The molecule has 1 aliphatic carbocycles. The van der Waals surface area contributed by atoms with Gasteiger partial charge in [-0.2, -0.15) is 0 Å². The Hall–Kier alpha value is 0.590. The summed E-state index contributed by atoms with van der Waals surface area (Å²) in [6, 6.07) is 5.41. The number of hydrogen-bond acceptors (Lipinski definition) is 0. The second-order valence-corrected chi connectivity index (χ2v) is 7.56. The normalized spacial score (nSPS) is 17.1. The highest BCUT2D eigenvalue weighted by molar-refractivity contribution is 9.10. The van der Waals surface area contributed by atoms with Crippen molar-refractivity contribution in [2.75, 3.05) is 10.7 Å². The number of alkyl halides is 2. The number of rotatable bonds is 5. The Labute approximate surface area is 139 Å². The first kappa shape index (κ1) is 16.0. The molecule has 0 saturated heterocycles. The van der Waals surface area contributed by atoms with E-state index in [0.29, 0.717) is 5.92 Å². The molecule has 0 heterocycles. The van der Waals surface area contributed by atoms with E-state index in [1.165, 1.54) is 25.7 Å². The lowest BCUT2D eigenvalue weighted by atomic mass is 9.73. The van der Waals surface area contributed by atoms with Gasteiger partial charge in [0.1, 0.15) is 5.82 Å². The fourth-order valence-corrected chi connectivity index (χ4v) is 5.65. The molecule has 2 rings (SSSR count). The highest BCUT2D eigenvalue weighted by Crippen LogP contribution is 2.45. The molecule has 0 atom stereocenters. The van der Waals surface area contributed by atoms with Gasteiger partial charge in [0, 0.05) is 15.1 Å². The molecule has 0 amide bonds. The molecule has 0 unspecified atom stereocenters. The van der Waals surface area contributed by atoms with E-state index in [1.807, 2.05) is 12.1 Å². The van der Waals surface area contributed by atoms with Crippen LogP contribution in [0.5, 0.6) is 0 Å². The molecule has 0 radical (unpaired) electrons. The Morgan fingerprint density at radius 2 is 1.79 bits per heavy atom. The molecular formula is C15H18Br3F. The third-order valence-corrected chi connectivity index (χ3v) is 7.04. The van der Waals surface area contributed by atoms with Gasteiger partial charge in [-0.15, -0.1) is 0 Å². The van der Waals surface area contributed by atoms with E-state index >= 15 is 0 Å². The minimum absolute atomic E-state index is 0.0985. The molecule has 1 aromatic rings. The van der Waals surface area contributed by atoms with Crippen LogP contribution >= 0.6 is 47.8 Å². The maximum Gasteiger partial charge on any atom is 0.127 e. The smallest absolute Gasteiger partial charge is 0.127 e. The van der Waals surface area contributed by atoms with Crippen molar-refractivity contribution in [1.82, 2.24) is 0 Å². The van der Waals surface area contributed by atoms with Crippen LogP contribution in [0.25, 0.3) is 0 Å². The summed E-state index contributed by atoms with van der Waals surface area (Å²) in [6.07, 6.45) is 5.97. The zero-order valence-electron chi connectivity index (χ0n) is 10.8. The molecule has 1 saturated carbocycles. The summed E-state index contributed by atoms with van der Waals surface area (Å²) >= 11 is 10.7. The molecule has 0 nitrogen and oxygen atoms in total. The van der Waals surface area contributed by atoms with E-state index in [1.54, 1.807) is 6.07 Å². The molecule has 1 aromatic carbocycles. The molecule has 1 fully saturated rings. The van der Waals surface area contributed by atoms with Crippen molar-refractivity contribution in [2.45, 2.75) is 32.1 Å². The van der Waals surface area contributed by atoms with Crippen LogP contribution < -0.4 is 0 Å². The highest BCUT2D eigenvalue weighted by Gasteiger charge is 2.39. The molecular weight excluding hydrogens is 439 g/mol. The van der Waals surface area contributed by atoms with Crippen LogP contribution in [0, 0.1) is 17.2 Å². The summed E-state index contributed by atoms with van der Waals surface area (Å²) in [6.45, 7) is 0. The van der Waals surface area contributed by atoms with Crippen molar-refractivity contribution >= 4 is 47.8 Å². The average Bonchev–Trinajstić information content (AvgIpc) is 2.93. The minimum atomic E-state index is -0.0985. The first-order valence-corrected chi connectivity index (χ1v) is 9.71. The van der Waals surface area contributed by atoms with Gasteiger partial charge < -0.3 is 0 Å². The second-order valence-electron chi connectivity index (χ2n) is 5.52. The second kappa shape index (κ2) is 7.04. The lowest BCUT2D eigenvalue weighted by Crippen LogP contribution is -2.35. The van der Waals surface area contributed by atoms with Crippen molar-refractivity contribution in [3.63, 3.8) is 0 Å². The number of hydrogen-bond donors (Lipinski definition) is 0. The SMILES string of the molecule is Fc1cc(Br)ccc1CC(CBr)(CBr)C1CCCC1. The van der Waals surface area contributed by atoms with Gasteiger partial charge in [-0.05, 0) is 48.3 Å². The first-order chi connectivity index (χ1) is 9.11. The van der Waals surface area contributed by atoms with E-state index in [-0.39, 0.29) is 11.2 Å². The quantitative estimate of drug-likeness (QED) is 0.470. The van der Waals surface area contributed by atoms with Crippen molar-refractivity contribution < 1.29 is 4.39 Å². The summed E-state index contributed by atoms with van der Waals surface area (Å²) in [7, 11) is 0. The van der Waals surface area contributed by atoms with Crippen molar-refractivity contribution in [1.29, 1.82) is 0 Å². The standard InChI is InChI=1S/C15H18Br3F/c16-9-15(10-17,12-3-1-2-4-12)8-11-5-6-13(18)7-14(11)19/h5-7,12H,1-4,8-10H2. The Morgan fingerprint density at radius 3 is 2.32 bits per heavy atom. The van der Waals surface area contributed by atoms with Crippen LogP contribution in [0.1, 0.15) is 31.2 Å².